The number of amides is 1. The molecule has 0 spiro atoms. The topological polar surface area (TPSA) is 94.7 Å². The standard InChI is InChI=1S/C24H27FN2O4/c1-15(2)27-21-6-4-3-5-20(21)24(16-7-9-17(25)10-8-16)22(27)12-11-18(28)13-19(29)14-23(30)26-31/h3-12,15,18-19,28-29,31H,13-14H2,1-2H3,(H,26,30). The summed E-state index contributed by atoms with van der Waals surface area (Å²) in [6.45, 7) is 4.12. The summed E-state index contributed by atoms with van der Waals surface area (Å²) in [6, 6.07) is 14.4. The number of hydroxylamine groups is 1. The second-order valence-electron chi connectivity index (χ2n) is 7.80. The van der Waals surface area contributed by atoms with E-state index in [2.05, 4.69) is 18.4 Å². The lowest BCUT2D eigenvalue weighted by molar-refractivity contribution is -0.131. The largest absolute Gasteiger partial charge is 0.392 e. The third-order valence-corrected chi connectivity index (χ3v) is 5.13. The first kappa shape index (κ1) is 22.7. The van der Waals surface area contributed by atoms with E-state index in [0.717, 1.165) is 27.7 Å². The predicted octanol–water partition coefficient (Wildman–Crippen LogP) is 4.05. The Morgan fingerprint density at radius 2 is 1.81 bits per heavy atom. The molecule has 2 aromatic carbocycles. The minimum Gasteiger partial charge on any atom is -0.392 e. The number of aromatic nitrogens is 1. The summed E-state index contributed by atoms with van der Waals surface area (Å²) in [5.41, 5.74) is 5.11. The summed E-state index contributed by atoms with van der Waals surface area (Å²) in [4.78, 5) is 11.2. The van der Waals surface area contributed by atoms with Crippen molar-refractivity contribution in [1.82, 2.24) is 10.0 Å². The Bertz CT molecular complexity index is 1070. The molecule has 31 heavy (non-hydrogen) atoms. The van der Waals surface area contributed by atoms with Crippen LogP contribution in [0.4, 0.5) is 4.39 Å². The van der Waals surface area contributed by atoms with E-state index in [0.29, 0.717) is 0 Å². The number of carbonyl (C=O) groups is 1. The molecule has 0 aliphatic carbocycles. The van der Waals surface area contributed by atoms with Crippen LogP contribution in [0.2, 0.25) is 0 Å². The van der Waals surface area contributed by atoms with Crippen LogP contribution < -0.4 is 5.48 Å². The SMILES string of the molecule is CC(C)n1c(C=CC(O)CC(O)CC(=O)NO)c(-c2ccc(F)cc2)c2ccccc21. The lowest BCUT2D eigenvalue weighted by atomic mass is 10.0. The van der Waals surface area contributed by atoms with E-state index in [4.69, 9.17) is 5.21 Å². The van der Waals surface area contributed by atoms with Crippen LogP contribution in [0.3, 0.4) is 0 Å². The molecule has 0 aliphatic rings. The summed E-state index contributed by atoms with van der Waals surface area (Å²) in [5, 5.41) is 29.9. The Morgan fingerprint density at radius 1 is 1.13 bits per heavy atom. The maximum Gasteiger partial charge on any atom is 0.245 e. The molecule has 3 rings (SSSR count). The van der Waals surface area contributed by atoms with Gasteiger partial charge in [0.15, 0.2) is 0 Å². The van der Waals surface area contributed by atoms with E-state index in [1.807, 2.05) is 24.3 Å². The highest BCUT2D eigenvalue weighted by molar-refractivity contribution is 6.01. The summed E-state index contributed by atoms with van der Waals surface area (Å²) in [6.07, 6.45) is 0.898. The Balaban J connectivity index is 2.03. The lowest BCUT2D eigenvalue weighted by Gasteiger charge is -2.15. The zero-order valence-corrected chi connectivity index (χ0v) is 17.5. The zero-order chi connectivity index (χ0) is 22.5. The number of hydrogen-bond acceptors (Lipinski definition) is 4. The number of para-hydroxylation sites is 1. The van der Waals surface area contributed by atoms with Crippen molar-refractivity contribution in [2.24, 2.45) is 0 Å². The molecule has 1 heterocycles. The highest BCUT2D eigenvalue weighted by Gasteiger charge is 2.19. The van der Waals surface area contributed by atoms with Gasteiger partial charge in [0.05, 0.1) is 18.6 Å². The molecule has 0 saturated carbocycles. The van der Waals surface area contributed by atoms with Crippen molar-refractivity contribution in [2.75, 3.05) is 0 Å². The molecule has 6 nitrogen and oxygen atoms in total. The van der Waals surface area contributed by atoms with Crippen molar-refractivity contribution in [2.45, 2.75) is 44.9 Å². The quantitative estimate of drug-likeness (QED) is 0.323. The number of hydrogen-bond donors (Lipinski definition) is 4. The van der Waals surface area contributed by atoms with Gasteiger partial charge in [0, 0.05) is 34.6 Å². The van der Waals surface area contributed by atoms with Crippen molar-refractivity contribution in [3.63, 3.8) is 0 Å². The van der Waals surface area contributed by atoms with Crippen molar-refractivity contribution in [3.05, 3.63) is 66.1 Å². The number of aliphatic hydroxyl groups is 2. The average molecular weight is 426 g/mol. The lowest BCUT2D eigenvalue weighted by Crippen LogP contribution is -2.26. The molecule has 1 amide bonds. The minimum atomic E-state index is -1.10. The number of benzene rings is 2. The van der Waals surface area contributed by atoms with Crippen molar-refractivity contribution >= 4 is 22.9 Å². The Labute approximate surface area is 180 Å². The summed E-state index contributed by atoms with van der Waals surface area (Å²) < 4.78 is 15.7. The molecule has 1 aromatic heterocycles. The van der Waals surface area contributed by atoms with Gasteiger partial charge in [-0.1, -0.05) is 36.4 Å². The van der Waals surface area contributed by atoms with Gasteiger partial charge in [-0.15, -0.1) is 0 Å². The van der Waals surface area contributed by atoms with E-state index in [9.17, 15) is 19.4 Å². The molecule has 2 atom stereocenters. The van der Waals surface area contributed by atoms with Crippen molar-refractivity contribution in [3.8, 4) is 11.1 Å². The molecule has 0 radical (unpaired) electrons. The van der Waals surface area contributed by atoms with Crippen LogP contribution in [-0.2, 0) is 4.79 Å². The molecule has 0 aliphatic heterocycles. The first-order valence-electron chi connectivity index (χ1n) is 10.2. The van der Waals surface area contributed by atoms with Crippen molar-refractivity contribution in [1.29, 1.82) is 0 Å². The molecule has 0 saturated heterocycles. The summed E-state index contributed by atoms with van der Waals surface area (Å²) in [5.74, 6) is -1.04. The number of carbonyl (C=O) groups excluding carboxylic acids is 1. The number of nitrogens with zero attached hydrogens (tertiary/aromatic N) is 1. The van der Waals surface area contributed by atoms with Crippen molar-refractivity contribution < 1.29 is 24.6 Å². The average Bonchev–Trinajstić information content (AvgIpc) is 3.07. The minimum absolute atomic E-state index is 0.0578. The first-order chi connectivity index (χ1) is 14.8. The van der Waals surface area contributed by atoms with Crippen LogP contribution in [0.5, 0.6) is 0 Å². The number of rotatable bonds is 8. The highest BCUT2D eigenvalue weighted by atomic mass is 19.1. The molecular formula is C24H27FN2O4. The van der Waals surface area contributed by atoms with Gasteiger partial charge in [-0.2, -0.15) is 0 Å². The number of nitrogens with one attached hydrogen (secondary N) is 1. The fraction of sp³-hybridized carbons (Fsp3) is 0.292. The molecular weight excluding hydrogens is 399 g/mol. The normalized spacial score (nSPS) is 13.8. The fourth-order valence-electron chi connectivity index (χ4n) is 3.83. The Kier molecular flexibility index (Phi) is 7.22. The fourth-order valence-corrected chi connectivity index (χ4v) is 3.83. The van der Waals surface area contributed by atoms with Gasteiger partial charge in [0.1, 0.15) is 5.82 Å². The van der Waals surface area contributed by atoms with Gasteiger partial charge in [-0.3, -0.25) is 10.0 Å². The maximum atomic E-state index is 13.5. The molecule has 2 unspecified atom stereocenters. The van der Waals surface area contributed by atoms with Gasteiger partial charge >= 0.3 is 0 Å². The van der Waals surface area contributed by atoms with Gasteiger partial charge in [-0.25, -0.2) is 9.87 Å². The molecule has 3 aromatic rings. The van der Waals surface area contributed by atoms with Crippen LogP contribution in [0.15, 0.2) is 54.6 Å². The van der Waals surface area contributed by atoms with E-state index in [1.54, 1.807) is 24.3 Å². The zero-order valence-electron chi connectivity index (χ0n) is 17.5. The number of fused-ring (bicyclic) bond motifs is 1. The van der Waals surface area contributed by atoms with E-state index in [-0.39, 0.29) is 24.7 Å². The highest BCUT2D eigenvalue weighted by Crippen LogP contribution is 2.38. The third kappa shape index (κ3) is 5.19. The second kappa shape index (κ2) is 9.87. The molecule has 0 fully saturated rings. The smallest absolute Gasteiger partial charge is 0.245 e. The van der Waals surface area contributed by atoms with Crippen LogP contribution in [-0.4, -0.2) is 38.1 Å². The van der Waals surface area contributed by atoms with Crippen LogP contribution >= 0.6 is 0 Å². The van der Waals surface area contributed by atoms with E-state index >= 15 is 0 Å². The van der Waals surface area contributed by atoms with Gasteiger partial charge < -0.3 is 14.8 Å². The number of halogens is 1. The van der Waals surface area contributed by atoms with E-state index < -0.39 is 18.1 Å². The molecule has 164 valence electrons. The summed E-state index contributed by atoms with van der Waals surface area (Å²) in [7, 11) is 0. The van der Waals surface area contributed by atoms with Crippen LogP contribution in [0.25, 0.3) is 28.1 Å². The van der Waals surface area contributed by atoms with Gasteiger partial charge in [-0.05, 0) is 43.7 Å². The second-order valence-corrected chi connectivity index (χ2v) is 7.80. The predicted molar refractivity (Wildman–Crippen MR) is 118 cm³/mol. The molecule has 4 N–H and O–H groups in total. The van der Waals surface area contributed by atoms with E-state index in [1.165, 1.54) is 17.6 Å². The number of aliphatic hydroxyl groups excluding tert-OH is 2. The molecule has 7 heteroatoms. The van der Waals surface area contributed by atoms with Gasteiger partial charge in [0.2, 0.25) is 5.91 Å². The van der Waals surface area contributed by atoms with Crippen LogP contribution in [0, 0.1) is 5.82 Å². The monoisotopic (exact) mass is 426 g/mol. The Hall–Kier alpha value is -3.00. The first-order valence-corrected chi connectivity index (χ1v) is 10.2. The molecule has 0 bridgehead atoms. The third-order valence-electron chi connectivity index (χ3n) is 5.13. The maximum absolute atomic E-state index is 13.5. The van der Waals surface area contributed by atoms with Crippen LogP contribution in [0.1, 0.15) is 38.4 Å². The Morgan fingerprint density at radius 3 is 2.45 bits per heavy atom. The summed E-state index contributed by atoms with van der Waals surface area (Å²) >= 11 is 0. The van der Waals surface area contributed by atoms with Gasteiger partial charge in [0.25, 0.3) is 0 Å².